The lowest BCUT2D eigenvalue weighted by Crippen LogP contribution is -2.15. The van der Waals surface area contributed by atoms with Crippen molar-refractivity contribution >= 4 is 34.2 Å². The molecule has 0 fully saturated rings. The lowest BCUT2D eigenvalue weighted by Gasteiger charge is -2.13. The minimum absolute atomic E-state index is 0.280. The molecule has 3 rings (SSSR count). The third-order valence-electron chi connectivity index (χ3n) is 3.29. The number of nitrogens with zero attached hydrogens (tertiary/aromatic N) is 2. The zero-order chi connectivity index (χ0) is 14.8. The summed E-state index contributed by atoms with van der Waals surface area (Å²) in [7, 11) is 0. The van der Waals surface area contributed by atoms with E-state index >= 15 is 0 Å². The van der Waals surface area contributed by atoms with Crippen LogP contribution in [0.1, 0.15) is 17.3 Å². The molecule has 106 valence electrons. The summed E-state index contributed by atoms with van der Waals surface area (Å²) in [4.78, 5) is 8.94. The molecule has 0 radical (unpaired) electrons. The van der Waals surface area contributed by atoms with Gasteiger partial charge in [0.15, 0.2) is 0 Å². The Morgan fingerprint density at radius 1 is 1.05 bits per heavy atom. The Kier molecular flexibility index (Phi) is 4.06. The maximum absolute atomic E-state index is 6.23. The van der Waals surface area contributed by atoms with Crippen molar-refractivity contribution in [1.29, 1.82) is 0 Å². The topological polar surface area (TPSA) is 51.8 Å². The van der Waals surface area contributed by atoms with Crippen molar-refractivity contribution in [3.63, 3.8) is 0 Å². The highest BCUT2D eigenvalue weighted by Gasteiger charge is 2.12. The van der Waals surface area contributed by atoms with Gasteiger partial charge in [-0.15, -0.1) is 0 Å². The molecule has 0 aliphatic heterocycles. The molecule has 5 heteroatoms. The first-order chi connectivity index (χ1) is 10.1. The number of rotatable bonds is 3. The molecule has 0 saturated carbocycles. The first kappa shape index (κ1) is 14.3. The largest absolute Gasteiger partial charge is 0.322 e. The monoisotopic (exact) mass is 317 g/mol. The van der Waals surface area contributed by atoms with Crippen LogP contribution < -0.4 is 5.73 Å². The van der Waals surface area contributed by atoms with E-state index in [4.69, 9.17) is 28.9 Å². The van der Waals surface area contributed by atoms with Crippen LogP contribution in [0.5, 0.6) is 0 Å². The smallest absolute Gasteiger partial charge is 0.0890 e. The number of aromatic nitrogens is 2. The van der Waals surface area contributed by atoms with Gasteiger partial charge in [-0.25, -0.2) is 4.98 Å². The van der Waals surface area contributed by atoms with Crippen LogP contribution in [0.25, 0.3) is 11.0 Å². The molecule has 0 aliphatic carbocycles. The highest BCUT2D eigenvalue weighted by Crippen LogP contribution is 2.25. The van der Waals surface area contributed by atoms with E-state index in [0.717, 1.165) is 22.3 Å². The minimum atomic E-state index is -0.280. The molecule has 0 amide bonds. The lowest BCUT2D eigenvalue weighted by atomic mass is 10.0. The molecule has 0 aliphatic rings. The van der Waals surface area contributed by atoms with Gasteiger partial charge in [-0.05, 0) is 42.3 Å². The maximum Gasteiger partial charge on any atom is 0.0890 e. The predicted octanol–water partition coefficient (Wildman–Crippen LogP) is 4.18. The van der Waals surface area contributed by atoms with Crippen molar-refractivity contribution in [1.82, 2.24) is 9.97 Å². The molecule has 1 atom stereocenters. The molecule has 2 N–H and O–H groups in total. The fourth-order valence-corrected chi connectivity index (χ4v) is 2.58. The van der Waals surface area contributed by atoms with E-state index < -0.39 is 0 Å². The second kappa shape index (κ2) is 5.98. The molecule has 1 unspecified atom stereocenters. The molecule has 1 aromatic heterocycles. The van der Waals surface area contributed by atoms with Crippen molar-refractivity contribution in [2.24, 2.45) is 5.73 Å². The van der Waals surface area contributed by atoms with Crippen LogP contribution in [-0.2, 0) is 6.42 Å². The van der Waals surface area contributed by atoms with E-state index in [-0.39, 0.29) is 6.04 Å². The molecule has 1 heterocycles. The van der Waals surface area contributed by atoms with E-state index in [0.29, 0.717) is 16.5 Å². The van der Waals surface area contributed by atoms with Crippen LogP contribution in [0.4, 0.5) is 0 Å². The van der Waals surface area contributed by atoms with Crippen molar-refractivity contribution in [2.45, 2.75) is 12.5 Å². The van der Waals surface area contributed by atoms with Gasteiger partial charge in [0.25, 0.3) is 0 Å². The van der Waals surface area contributed by atoms with Crippen LogP contribution in [0.15, 0.2) is 48.7 Å². The Hall–Kier alpha value is -1.68. The number of fused-ring (bicyclic) bond motifs is 1. The zero-order valence-electron chi connectivity index (χ0n) is 11.1. The summed E-state index contributed by atoms with van der Waals surface area (Å²) >= 11 is 12.2. The Morgan fingerprint density at radius 2 is 1.81 bits per heavy atom. The molecule has 0 saturated heterocycles. The van der Waals surface area contributed by atoms with Crippen LogP contribution in [0.2, 0.25) is 10.0 Å². The van der Waals surface area contributed by atoms with Crippen molar-refractivity contribution in [3.05, 3.63) is 70.0 Å². The zero-order valence-corrected chi connectivity index (χ0v) is 12.6. The van der Waals surface area contributed by atoms with Crippen LogP contribution in [0, 0.1) is 0 Å². The van der Waals surface area contributed by atoms with E-state index in [1.165, 1.54) is 0 Å². The highest BCUT2D eigenvalue weighted by atomic mass is 35.5. The molecule has 3 aromatic rings. The number of benzene rings is 2. The van der Waals surface area contributed by atoms with Crippen molar-refractivity contribution in [3.8, 4) is 0 Å². The lowest BCUT2D eigenvalue weighted by molar-refractivity contribution is 0.696. The number of hydrogen-bond donors (Lipinski definition) is 1. The Bertz CT molecular complexity index is 789. The van der Waals surface area contributed by atoms with E-state index in [1.807, 2.05) is 30.3 Å². The second-order valence-corrected chi connectivity index (χ2v) is 5.67. The van der Waals surface area contributed by atoms with Gasteiger partial charge in [0.05, 0.1) is 29.0 Å². The standard InChI is InChI=1S/C16H13Cl2N3/c17-11-5-6-12(18)10(7-11)8-13(19)16-9-20-14-3-1-2-4-15(14)21-16/h1-7,9,13H,8,19H2. The predicted molar refractivity (Wildman–Crippen MR) is 86.6 cm³/mol. The van der Waals surface area contributed by atoms with Gasteiger partial charge in [0, 0.05) is 10.0 Å². The van der Waals surface area contributed by atoms with Gasteiger partial charge in [0.2, 0.25) is 0 Å². The molecule has 0 bridgehead atoms. The summed E-state index contributed by atoms with van der Waals surface area (Å²) in [5.41, 5.74) is 9.57. The molecular formula is C16H13Cl2N3. The quantitative estimate of drug-likeness (QED) is 0.788. The summed E-state index contributed by atoms with van der Waals surface area (Å²) < 4.78 is 0. The summed E-state index contributed by atoms with van der Waals surface area (Å²) in [6.45, 7) is 0. The maximum atomic E-state index is 6.23. The first-order valence-corrected chi connectivity index (χ1v) is 7.30. The normalized spacial score (nSPS) is 12.5. The molecule has 3 nitrogen and oxygen atoms in total. The van der Waals surface area contributed by atoms with Gasteiger partial charge < -0.3 is 5.73 Å². The number of para-hydroxylation sites is 2. The fourth-order valence-electron chi connectivity index (χ4n) is 2.19. The van der Waals surface area contributed by atoms with Crippen LogP contribution in [-0.4, -0.2) is 9.97 Å². The summed E-state index contributed by atoms with van der Waals surface area (Å²) in [6.07, 6.45) is 2.28. The number of halogens is 2. The Labute approximate surface area is 132 Å². The molecule has 2 aromatic carbocycles. The van der Waals surface area contributed by atoms with E-state index in [9.17, 15) is 0 Å². The third-order valence-corrected chi connectivity index (χ3v) is 3.90. The van der Waals surface area contributed by atoms with E-state index in [1.54, 1.807) is 18.3 Å². The second-order valence-electron chi connectivity index (χ2n) is 4.83. The van der Waals surface area contributed by atoms with Gasteiger partial charge in [-0.2, -0.15) is 0 Å². The van der Waals surface area contributed by atoms with Crippen LogP contribution >= 0.6 is 23.2 Å². The molecule has 21 heavy (non-hydrogen) atoms. The Balaban J connectivity index is 1.89. The minimum Gasteiger partial charge on any atom is -0.322 e. The van der Waals surface area contributed by atoms with Crippen molar-refractivity contribution in [2.75, 3.05) is 0 Å². The average Bonchev–Trinajstić information content (AvgIpc) is 2.50. The van der Waals surface area contributed by atoms with E-state index in [2.05, 4.69) is 9.97 Å². The summed E-state index contributed by atoms with van der Waals surface area (Å²) in [5, 5.41) is 1.30. The van der Waals surface area contributed by atoms with Crippen LogP contribution in [0.3, 0.4) is 0 Å². The van der Waals surface area contributed by atoms with Gasteiger partial charge in [0.1, 0.15) is 0 Å². The SMILES string of the molecule is NC(Cc1cc(Cl)ccc1Cl)c1cnc2ccccc2n1. The van der Waals surface area contributed by atoms with Crippen molar-refractivity contribution < 1.29 is 0 Å². The molecule has 0 spiro atoms. The highest BCUT2D eigenvalue weighted by molar-refractivity contribution is 6.33. The first-order valence-electron chi connectivity index (χ1n) is 6.54. The number of hydrogen-bond acceptors (Lipinski definition) is 3. The summed E-state index contributed by atoms with van der Waals surface area (Å²) in [6, 6.07) is 12.8. The number of nitrogens with two attached hydrogens (primary N) is 1. The average molecular weight is 318 g/mol. The summed E-state index contributed by atoms with van der Waals surface area (Å²) in [5.74, 6) is 0. The fraction of sp³-hybridized carbons (Fsp3) is 0.125. The van der Waals surface area contributed by atoms with Gasteiger partial charge in [-0.3, -0.25) is 4.98 Å². The van der Waals surface area contributed by atoms with Gasteiger partial charge in [-0.1, -0.05) is 35.3 Å². The third kappa shape index (κ3) is 3.16. The van der Waals surface area contributed by atoms with Gasteiger partial charge >= 0.3 is 0 Å². The molecular weight excluding hydrogens is 305 g/mol. The Morgan fingerprint density at radius 3 is 2.62 bits per heavy atom.